The van der Waals surface area contributed by atoms with E-state index in [1.165, 1.54) is 0 Å². The lowest BCUT2D eigenvalue weighted by molar-refractivity contribution is 0.00578. The lowest BCUT2D eigenvalue weighted by Gasteiger charge is -2.39. The van der Waals surface area contributed by atoms with Crippen LogP contribution < -0.4 is 16.1 Å². The van der Waals surface area contributed by atoms with E-state index < -0.39 is 7.12 Å². The molecule has 138 valence electrons. The van der Waals surface area contributed by atoms with Crippen LogP contribution in [0.4, 0.5) is 5.95 Å². The topological polar surface area (TPSA) is 76.7 Å². The van der Waals surface area contributed by atoms with Gasteiger partial charge in [-0.1, -0.05) is 0 Å². The van der Waals surface area contributed by atoms with Crippen LogP contribution in [0.1, 0.15) is 34.6 Å². The minimum atomic E-state index is -0.417. The maximum atomic E-state index is 6.06. The van der Waals surface area contributed by atoms with E-state index >= 15 is 0 Å². The molecule has 3 heterocycles. The Balaban J connectivity index is 1.66. The highest BCUT2D eigenvalue weighted by Crippen LogP contribution is 2.36. The molecule has 1 atom stereocenters. The van der Waals surface area contributed by atoms with Gasteiger partial charge in [-0.3, -0.25) is 4.90 Å². The minimum Gasteiger partial charge on any atom is -0.399 e. The fourth-order valence-corrected chi connectivity index (χ4v) is 3.27. The second-order valence-electron chi connectivity index (χ2n) is 8.02. The van der Waals surface area contributed by atoms with Crippen molar-refractivity contribution in [2.75, 3.05) is 37.6 Å². The largest absolute Gasteiger partial charge is 0.498 e. The van der Waals surface area contributed by atoms with Gasteiger partial charge in [0.1, 0.15) is 0 Å². The van der Waals surface area contributed by atoms with Crippen LogP contribution in [0.5, 0.6) is 0 Å². The summed E-state index contributed by atoms with van der Waals surface area (Å²) >= 11 is 0. The molecule has 3 rings (SSSR count). The smallest absolute Gasteiger partial charge is 0.399 e. The quantitative estimate of drug-likeness (QED) is 0.782. The normalized spacial score (nSPS) is 26.2. The fourth-order valence-electron chi connectivity index (χ4n) is 3.27. The standard InChI is InChI=1S/C17H30BN5O2/c1-13-12-23(9-8-22(13)7-6-19)15-20-10-14(11-21-15)18-24-16(2,3)17(4,5)25-18/h10-11,13H,6-9,12,19H2,1-5H3/t13-/m1/s1. The average Bonchev–Trinajstić information content (AvgIpc) is 2.78. The first-order chi connectivity index (χ1) is 11.7. The van der Waals surface area contributed by atoms with Crippen molar-refractivity contribution in [2.24, 2.45) is 5.73 Å². The fraction of sp³-hybridized carbons (Fsp3) is 0.765. The van der Waals surface area contributed by atoms with Gasteiger partial charge in [0, 0.05) is 56.6 Å². The summed E-state index contributed by atoms with van der Waals surface area (Å²) in [5.41, 5.74) is 5.82. The van der Waals surface area contributed by atoms with Crippen LogP contribution in [0, 0.1) is 0 Å². The van der Waals surface area contributed by atoms with Gasteiger partial charge in [0.25, 0.3) is 0 Å². The van der Waals surface area contributed by atoms with Crippen LogP contribution in [0.15, 0.2) is 12.4 Å². The molecule has 0 aliphatic carbocycles. The SMILES string of the molecule is C[C@@H]1CN(c2ncc(B3OC(C)(C)C(C)(C)O3)cn2)CCN1CCN. The molecule has 0 aromatic carbocycles. The molecule has 2 N–H and O–H groups in total. The molecule has 0 unspecified atom stereocenters. The summed E-state index contributed by atoms with van der Waals surface area (Å²) < 4.78 is 12.1. The van der Waals surface area contributed by atoms with Crippen molar-refractivity contribution in [2.45, 2.75) is 51.9 Å². The summed E-state index contributed by atoms with van der Waals surface area (Å²) in [6, 6.07) is 0.448. The molecule has 25 heavy (non-hydrogen) atoms. The highest BCUT2D eigenvalue weighted by molar-refractivity contribution is 6.61. The van der Waals surface area contributed by atoms with Crippen molar-refractivity contribution in [3.8, 4) is 0 Å². The predicted molar refractivity (Wildman–Crippen MR) is 100 cm³/mol. The third-order valence-corrected chi connectivity index (χ3v) is 5.65. The molecular weight excluding hydrogens is 317 g/mol. The zero-order chi connectivity index (χ0) is 18.2. The molecule has 8 heteroatoms. The van der Waals surface area contributed by atoms with Gasteiger partial charge in [-0.25, -0.2) is 9.97 Å². The molecule has 2 aliphatic heterocycles. The van der Waals surface area contributed by atoms with Crippen molar-refractivity contribution in [1.82, 2.24) is 14.9 Å². The maximum Gasteiger partial charge on any atom is 0.498 e. The van der Waals surface area contributed by atoms with Gasteiger partial charge >= 0.3 is 7.12 Å². The molecule has 0 bridgehead atoms. The molecule has 7 nitrogen and oxygen atoms in total. The van der Waals surface area contributed by atoms with E-state index in [1.54, 1.807) is 0 Å². The van der Waals surface area contributed by atoms with E-state index in [1.807, 2.05) is 40.1 Å². The molecule has 0 amide bonds. The molecule has 1 aromatic rings. The van der Waals surface area contributed by atoms with E-state index in [2.05, 4.69) is 26.7 Å². The van der Waals surface area contributed by atoms with Crippen LogP contribution >= 0.6 is 0 Å². The summed E-state index contributed by atoms with van der Waals surface area (Å²) in [6.07, 6.45) is 3.64. The van der Waals surface area contributed by atoms with Crippen molar-refractivity contribution >= 4 is 18.5 Å². The molecule has 2 fully saturated rings. The monoisotopic (exact) mass is 347 g/mol. The van der Waals surface area contributed by atoms with Gasteiger partial charge in [0.05, 0.1) is 11.2 Å². The first-order valence-electron chi connectivity index (χ1n) is 9.10. The number of hydrogen-bond donors (Lipinski definition) is 1. The summed E-state index contributed by atoms with van der Waals surface area (Å²) in [6.45, 7) is 14.9. The molecule has 1 aromatic heterocycles. The number of aromatic nitrogens is 2. The van der Waals surface area contributed by atoms with Gasteiger partial charge in [-0.15, -0.1) is 0 Å². The van der Waals surface area contributed by atoms with Crippen LogP contribution in [-0.2, 0) is 9.31 Å². The number of nitrogens with zero attached hydrogens (tertiary/aromatic N) is 4. The number of nitrogens with two attached hydrogens (primary N) is 1. The molecule has 0 saturated carbocycles. The molecule has 0 spiro atoms. The highest BCUT2D eigenvalue weighted by atomic mass is 16.7. The first kappa shape index (κ1) is 18.6. The molecule has 2 aliphatic rings. The van der Waals surface area contributed by atoms with Crippen LogP contribution in [0.2, 0.25) is 0 Å². The number of hydrogen-bond acceptors (Lipinski definition) is 7. The van der Waals surface area contributed by atoms with E-state index in [0.717, 1.165) is 37.6 Å². The third kappa shape index (κ3) is 3.67. The summed E-state index contributed by atoms with van der Waals surface area (Å²) in [7, 11) is -0.417. The van der Waals surface area contributed by atoms with Crippen LogP contribution in [-0.4, -0.2) is 72.0 Å². The lowest BCUT2D eigenvalue weighted by Crippen LogP contribution is -2.53. The van der Waals surface area contributed by atoms with Crippen molar-refractivity contribution in [1.29, 1.82) is 0 Å². The summed E-state index contributed by atoms with van der Waals surface area (Å²) in [5, 5.41) is 0. The van der Waals surface area contributed by atoms with E-state index in [0.29, 0.717) is 12.6 Å². The van der Waals surface area contributed by atoms with Gasteiger partial charge in [0.2, 0.25) is 5.95 Å². The minimum absolute atomic E-state index is 0.356. The summed E-state index contributed by atoms with van der Waals surface area (Å²) in [5.74, 6) is 0.763. The Kier molecular flexibility index (Phi) is 5.08. The molecular formula is C17H30BN5O2. The van der Waals surface area contributed by atoms with Crippen molar-refractivity contribution in [3.05, 3.63) is 12.4 Å². The first-order valence-corrected chi connectivity index (χ1v) is 9.10. The number of rotatable bonds is 4. The third-order valence-electron chi connectivity index (χ3n) is 5.65. The predicted octanol–water partition coefficient (Wildman–Crippen LogP) is 0.245. The van der Waals surface area contributed by atoms with E-state index in [4.69, 9.17) is 15.0 Å². The van der Waals surface area contributed by atoms with Gasteiger partial charge in [0.15, 0.2) is 0 Å². The van der Waals surface area contributed by atoms with E-state index in [-0.39, 0.29) is 11.2 Å². The van der Waals surface area contributed by atoms with Crippen molar-refractivity contribution in [3.63, 3.8) is 0 Å². The van der Waals surface area contributed by atoms with Crippen LogP contribution in [0.25, 0.3) is 0 Å². The summed E-state index contributed by atoms with van der Waals surface area (Å²) in [4.78, 5) is 13.8. The second-order valence-corrected chi connectivity index (χ2v) is 8.02. The molecule has 0 radical (unpaired) electrons. The average molecular weight is 347 g/mol. The number of anilines is 1. The highest BCUT2D eigenvalue weighted by Gasteiger charge is 2.52. The maximum absolute atomic E-state index is 6.06. The Morgan fingerprint density at radius 1 is 1.16 bits per heavy atom. The Morgan fingerprint density at radius 2 is 1.76 bits per heavy atom. The zero-order valence-corrected chi connectivity index (χ0v) is 16.0. The second kappa shape index (κ2) is 6.83. The van der Waals surface area contributed by atoms with Gasteiger partial charge in [-0.2, -0.15) is 0 Å². The van der Waals surface area contributed by atoms with Gasteiger partial charge < -0.3 is 19.9 Å². The molecule has 2 saturated heterocycles. The Labute approximate surface area is 151 Å². The Bertz CT molecular complexity index is 579. The Morgan fingerprint density at radius 3 is 2.28 bits per heavy atom. The van der Waals surface area contributed by atoms with E-state index in [9.17, 15) is 0 Å². The number of piperazine rings is 1. The lowest BCUT2D eigenvalue weighted by atomic mass is 9.81. The van der Waals surface area contributed by atoms with Crippen molar-refractivity contribution < 1.29 is 9.31 Å². The van der Waals surface area contributed by atoms with Gasteiger partial charge in [-0.05, 0) is 34.6 Å². The zero-order valence-electron chi connectivity index (χ0n) is 16.0. The van der Waals surface area contributed by atoms with Crippen LogP contribution in [0.3, 0.4) is 0 Å². The Hall–Kier alpha value is -1.22.